The van der Waals surface area contributed by atoms with Crippen molar-refractivity contribution in [2.45, 2.75) is 0 Å². The Bertz CT molecular complexity index is 19.7. The van der Waals surface area contributed by atoms with E-state index in [1.54, 1.807) is 0 Å². The van der Waals surface area contributed by atoms with Gasteiger partial charge in [0.05, 0.1) is 0 Å². The second kappa shape index (κ2) is 110. The van der Waals surface area contributed by atoms with Gasteiger partial charge in [-0.05, 0) is 32.9 Å². The van der Waals surface area contributed by atoms with E-state index < -0.39 is 0 Å². The van der Waals surface area contributed by atoms with E-state index in [1.165, 1.54) is 0 Å². The summed E-state index contributed by atoms with van der Waals surface area (Å²) in [5, 5.41) is 0. The third kappa shape index (κ3) is 85.7. The molecular formula is H12As2Ge3P2Si3. The fraction of sp³-hybridized carbons (Fsp3) is 0. The molecule has 0 N–H and O–H groups in total. The van der Waals surface area contributed by atoms with Crippen LogP contribution in [0.15, 0.2) is 0 Å². The fourth-order valence-electron chi connectivity index (χ4n) is 0. The molecule has 0 aromatic rings. The minimum atomic E-state index is 0. The zero-order valence-electron chi connectivity index (χ0n) is 3.29. The number of hydrogen-bond donors (Lipinski definition) is 0. The van der Waals surface area contributed by atoms with E-state index in [0.29, 0.717) is 0 Å². The van der Waals surface area contributed by atoms with Crippen molar-refractivity contribution < 1.29 is 0 Å². The molecule has 10 heavy (non-hydrogen) atoms. The summed E-state index contributed by atoms with van der Waals surface area (Å²) in [6, 6.07) is 0. The van der Waals surface area contributed by atoms with Gasteiger partial charge in [-0.25, -0.2) is 0 Å². The van der Waals surface area contributed by atoms with Crippen molar-refractivity contribution in [1.82, 2.24) is 0 Å². The standard InChI is InChI=1S/2As.3Ge.2P.3H4Si/h;;;;;;;3*1H4/q2*-3;3*+4;2*-3;;;. The summed E-state index contributed by atoms with van der Waals surface area (Å²) in [6.45, 7) is 0. The predicted octanol–water partition coefficient (Wildman–Crippen LogP) is -4.54. The molecule has 56 valence electrons. The van der Waals surface area contributed by atoms with Crippen LogP contribution in [0.2, 0.25) is 0 Å². The molecule has 0 bridgehead atoms. The molecule has 0 aliphatic carbocycles. The Balaban J connectivity index is 0. The van der Waals surface area contributed by atoms with Crippen LogP contribution >= 0.6 is 19.8 Å². The second-order valence-corrected chi connectivity index (χ2v) is 0. The Morgan fingerprint density at radius 2 is 0.400 bits per heavy atom. The van der Waals surface area contributed by atoms with Crippen molar-refractivity contribution in [2.24, 2.45) is 0 Å². The molecule has 0 saturated heterocycles. The Morgan fingerprint density at radius 1 is 0.400 bits per heavy atom. The van der Waals surface area contributed by atoms with Crippen LogP contribution in [0.4, 0.5) is 0 Å². The molecule has 0 spiro atoms. The smallest absolute Gasteiger partial charge is 3.00 e. The average Bonchev–Trinajstić information content (AvgIpc) is 0. The van der Waals surface area contributed by atoms with Gasteiger partial charge in [-0.3, -0.25) is 0 Å². The minimum absolute atomic E-state index is 0. The summed E-state index contributed by atoms with van der Waals surface area (Å²) in [5.41, 5.74) is 0. The monoisotopic (exact) mass is 530 g/mol. The van der Waals surface area contributed by atoms with Gasteiger partial charge in [-0.1, -0.05) is 0 Å². The van der Waals surface area contributed by atoms with Crippen molar-refractivity contribution in [3.05, 3.63) is 0 Å². The van der Waals surface area contributed by atoms with E-state index in [9.17, 15) is 0 Å². The molecule has 0 atom stereocenters. The largest absolute Gasteiger partial charge is 4.00 e. The molecule has 0 aliphatic rings. The molecule has 0 aromatic heterocycles. The van der Waals surface area contributed by atoms with Crippen LogP contribution in [-0.4, -0.2) is 122 Å². The van der Waals surface area contributed by atoms with Crippen LogP contribution in [0, 0.1) is 0 Å². The van der Waals surface area contributed by atoms with E-state index in [1.807, 2.05) is 0 Å². The molecule has 10 heteroatoms. The first-order valence-electron chi connectivity index (χ1n) is 0. The van der Waals surface area contributed by atoms with Gasteiger partial charge in [-0.2, -0.15) is 0 Å². The minimum Gasteiger partial charge on any atom is -3.00 e. The van der Waals surface area contributed by atoms with E-state index in [-0.39, 0.29) is 141 Å². The Kier molecular flexibility index (Phi) is 1520. The number of rotatable bonds is 0. The third-order valence-corrected chi connectivity index (χ3v) is 0. The maximum Gasteiger partial charge on any atom is 4.00 e. The zero-order valence-corrected chi connectivity index (χ0v) is 15.1. The molecule has 0 amide bonds. The summed E-state index contributed by atoms with van der Waals surface area (Å²) in [5.74, 6) is 0. The summed E-state index contributed by atoms with van der Waals surface area (Å²) < 4.78 is 0. The summed E-state index contributed by atoms with van der Waals surface area (Å²) in [7, 11) is 0. The maximum absolute atomic E-state index is 0. The van der Waals surface area contributed by atoms with Crippen LogP contribution in [0.1, 0.15) is 0 Å². The van der Waals surface area contributed by atoms with Gasteiger partial charge < -0.3 is 55.7 Å². The van der Waals surface area contributed by atoms with Gasteiger partial charge in [0.2, 0.25) is 0 Å². The van der Waals surface area contributed by atoms with Gasteiger partial charge in [0.1, 0.15) is 0 Å². The van der Waals surface area contributed by atoms with Crippen molar-refractivity contribution >= 4 is 141 Å². The molecule has 0 unspecified atom stereocenters. The molecular weight excluding hydrogens is 514 g/mol. The van der Waals surface area contributed by atoms with Crippen molar-refractivity contribution in [3.63, 3.8) is 0 Å². The first-order valence-corrected chi connectivity index (χ1v) is 0. The van der Waals surface area contributed by atoms with E-state index in [4.69, 9.17) is 0 Å². The normalized spacial score (nSPS) is 0. The molecule has 0 aliphatic heterocycles. The van der Waals surface area contributed by atoms with Crippen molar-refractivity contribution in [1.29, 1.82) is 0 Å². The zero-order chi connectivity index (χ0) is 0. The molecule has 0 rings (SSSR count). The van der Waals surface area contributed by atoms with Crippen LogP contribution < -0.4 is 0 Å². The SMILES string of the molecule is [As-3].[As-3].[Ge+4].[Ge+4].[Ge+4].[P-3].[P-3].[SiH4].[SiH4].[SiH4]. The van der Waals surface area contributed by atoms with Gasteiger partial charge >= 0.3 is 52.8 Å². The van der Waals surface area contributed by atoms with E-state index in [2.05, 4.69) is 0 Å². The van der Waals surface area contributed by atoms with Crippen molar-refractivity contribution in [3.8, 4) is 0 Å². The summed E-state index contributed by atoms with van der Waals surface area (Å²) in [6.07, 6.45) is 0. The Hall–Kier alpha value is 4.26. The Morgan fingerprint density at radius 3 is 0.400 bits per heavy atom. The van der Waals surface area contributed by atoms with Gasteiger partial charge in [0.25, 0.3) is 0 Å². The van der Waals surface area contributed by atoms with Gasteiger partial charge in [0.15, 0.2) is 0 Å². The molecule has 0 saturated carbocycles. The van der Waals surface area contributed by atoms with Crippen LogP contribution in [-0.2, 0) is 0 Å². The summed E-state index contributed by atoms with van der Waals surface area (Å²) >= 11 is 0. The maximum atomic E-state index is 0. The first kappa shape index (κ1) is 138. The third-order valence-electron chi connectivity index (χ3n) is 0. The van der Waals surface area contributed by atoms with Gasteiger partial charge in [-0.15, -0.1) is 0 Å². The topological polar surface area (TPSA) is 0 Å². The Labute approximate surface area is 139 Å². The second-order valence-electron chi connectivity index (χ2n) is 0. The van der Waals surface area contributed by atoms with E-state index >= 15 is 0 Å². The quantitative estimate of drug-likeness (QED) is 0.221. The van der Waals surface area contributed by atoms with E-state index in [0.717, 1.165) is 0 Å². The molecule has 0 radical (unpaired) electrons. The molecule has 0 fully saturated rings. The van der Waals surface area contributed by atoms with Crippen LogP contribution in [0.25, 0.3) is 0 Å². The summed E-state index contributed by atoms with van der Waals surface area (Å²) in [4.78, 5) is 0. The fourth-order valence-corrected chi connectivity index (χ4v) is 0. The van der Waals surface area contributed by atoms with Crippen LogP contribution in [0.5, 0.6) is 0 Å². The molecule has 0 nitrogen and oxygen atoms in total. The average molecular weight is 526 g/mol. The molecule has 0 heterocycles. The van der Waals surface area contributed by atoms with Crippen LogP contribution in [0.3, 0.4) is 0 Å². The molecule has 0 aromatic carbocycles. The van der Waals surface area contributed by atoms with Gasteiger partial charge in [0, 0.05) is 0 Å². The van der Waals surface area contributed by atoms with Crippen molar-refractivity contribution in [2.75, 3.05) is 0 Å². The first-order chi connectivity index (χ1) is 0. The predicted molar refractivity (Wildman–Crippen MR) is 76.6 cm³/mol. The number of hydrogen-bond acceptors (Lipinski definition) is 0.